The zero-order valence-electron chi connectivity index (χ0n) is 11.2. The molecule has 18 heavy (non-hydrogen) atoms. The summed E-state index contributed by atoms with van der Waals surface area (Å²) in [6, 6.07) is -0.479. The van der Waals surface area contributed by atoms with Crippen LogP contribution in [-0.4, -0.2) is 30.7 Å². The smallest absolute Gasteiger partial charge is 0.346 e. The average molecular weight is 268 g/mol. The van der Waals surface area contributed by atoms with E-state index >= 15 is 0 Å². The maximum Gasteiger partial charge on any atom is 0.405 e. The number of nitrogens with one attached hydrogen (secondary N) is 2. The second-order valence-electron chi connectivity index (χ2n) is 4.62. The standard InChI is InChI=1S/C12H23F3N2O/c1-4-5-6-7-9(2)17-10(3)11(18)16-8-12(13,14)15/h9-10,17H,4-8H2,1-3H3,(H,16,18). The highest BCUT2D eigenvalue weighted by molar-refractivity contribution is 5.81. The molecule has 3 nitrogen and oxygen atoms in total. The summed E-state index contributed by atoms with van der Waals surface area (Å²) in [5.41, 5.74) is 0. The van der Waals surface area contributed by atoms with Crippen molar-refractivity contribution in [1.29, 1.82) is 0 Å². The molecule has 2 unspecified atom stereocenters. The summed E-state index contributed by atoms with van der Waals surface area (Å²) in [7, 11) is 0. The van der Waals surface area contributed by atoms with E-state index in [0.29, 0.717) is 0 Å². The van der Waals surface area contributed by atoms with Crippen LogP contribution in [0.2, 0.25) is 0 Å². The molecule has 0 spiro atoms. The van der Waals surface area contributed by atoms with Gasteiger partial charge in [0, 0.05) is 6.04 Å². The van der Waals surface area contributed by atoms with Crippen LogP contribution in [0.3, 0.4) is 0 Å². The topological polar surface area (TPSA) is 41.1 Å². The number of rotatable bonds is 8. The Bertz CT molecular complexity index is 244. The lowest BCUT2D eigenvalue weighted by atomic mass is 10.1. The molecule has 0 aromatic rings. The quantitative estimate of drug-likeness (QED) is 0.664. The summed E-state index contributed by atoms with van der Waals surface area (Å²) in [4.78, 5) is 11.4. The van der Waals surface area contributed by atoms with E-state index in [4.69, 9.17) is 0 Å². The molecule has 0 aromatic carbocycles. The van der Waals surface area contributed by atoms with E-state index in [1.54, 1.807) is 6.92 Å². The van der Waals surface area contributed by atoms with Gasteiger partial charge < -0.3 is 10.6 Å². The maximum atomic E-state index is 11.9. The summed E-state index contributed by atoms with van der Waals surface area (Å²) in [6.45, 7) is 4.33. The highest BCUT2D eigenvalue weighted by Gasteiger charge is 2.28. The fourth-order valence-electron chi connectivity index (χ4n) is 1.63. The van der Waals surface area contributed by atoms with Crippen molar-refractivity contribution in [1.82, 2.24) is 10.6 Å². The van der Waals surface area contributed by atoms with Crippen molar-refractivity contribution in [2.45, 2.75) is 64.7 Å². The Labute approximate surface area is 107 Å². The van der Waals surface area contributed by atoms with Gasteiger partial charge in [0.15, 0.2) is 0 Å². The van der Waals surface area contributed by atoms with Crippen LogP contribution in [0.15, 0.2) is 0 Å². The molecule has 0 aliphatic carbocycles. The summed E-state index contributed by atoms with van der Waals surface area (Å²) < 4.78 is 35.7. The van der Waals surface area contributed by atoms with Gasteiger partial charge in [-0.25, -0.2) is 0 Å². The van der Waals surface area contributed by atoms with Gasteiger partial charge in [0.05, 0.1) is 6.04 Å². The van der Waals surface area contributed by atoms with Crippen LogP contribution in [0.4, 0.5) is 13.2 Å². The molecule has 0 saturated carbocycles. The summed E-state index contributed by atoms with van der Waals surface area (Å²) in [6.07, 6.45) is -0.135. The van der Waals surface area contributed by atoms with Crippen molar-refractivity contribution in [3.63, 3.8) is 0 Å². The van der Waals surface area contributed by atoms with Crippen LogP contribution in [0.25, 0.3) is 0 Å². The minimum Gasteiger partial charge on any atom is -0.346 e. The van der Waals surface area contributed by atoms with Crippen LogP contribution in [0, 0.1) is 0 Å². The third-order valence-corrected chi connectivity index (χ3v) is 2.63. The first kappa shape index (κ1) is 17.2. The Morgan fingerprint density at radius 1 is 1.22 bits per heavy atom. The van der Waals surface area contributed by atoms with Gasteiger partial charge in [-0.05, 0) is 20.3 Å². The molecule has 0 heterocycles. The largest absolute Gasteiger partial charge is 0.405 e. The van der Waals surface area contributed by atoms with E-state index in [9.17, 15) is 18.0 Å². The maximum absolute atomic E-state index is 11.9. The number of halogens is 3. The Hall–Kier alpha value is -0.780. The van der Waals surface area contributed by atoms with Crippen LogP contribution < -0.4 is 10.6 Å². The molecule has 6 heteroatoms. The number of amides is 1. The van der Waals surface area contributed by atoms with Gasteiger partial charge in [0.1, 0.15) is 6.54 Å². The van der Waals surface area contributed by atoms with Gasteiger partial charge in [-0.2, -0.15) is 13.2 Å². The van der Waals surface area contributed by atoms with Crippen molar-refractivity contribution in [2.24, 2.45) is 0 Å². The lowest BCUT2D eigenvalue weighted by molar-refractivity contribution is -0.139. The second kappa shape index (κ2) is 8.34. The van der Waals surface area contributed by atoms with Gasteiger partial charge in [0.2, 0.25) is 5.91 Å². The number of hydrogen-bond acceptors (Lipinski definition) is 2. The number of alkyl halides is 3. The Morgan fingerprint density at radius 3 is 2.33 bits per heavy atom. The molecular weight excluding hydrogens is 245 g/mol. The minimum absolute atomic E-state index is 0.128. The molecule has 1 amide bonds. The first-order chi connectivity index (χ1) is 8.26. The molecule has 108 valence electrons. The fourth-order valence-corrected chi connectivity index (χ4v) is 1.63. The van der Waals surface area contributed by atoms with Gasteiger partial charge in [-0.15, -0.1) is 0 Å². The van der Waals surface area contributed by atoms with Crippen molar-refractivity contribution in [3.8, 4) is 0 Å². The SMILES string of the molecule is CCCCCC(C)NC(C)C(=O)NCC(F)(F)F. The molecule has 0 rings (SSSR count). The Balaban J connectivity index is 3.85. The normalized spacial score (nSPS) is 15.2. The molecule has 0 aliphatic heterocycles. The first-order valence-electron chi connectivity index (χ1n) is 6.36. The van der Waals surface area contributed by atoms with Gasteiger partial charge in [0.25, 0.3) is 0 Å². The van der Waals surface area contributed by atoms with E-state index in [-0.39, 0.29) is 6.04 Å². The third-order valence-electron chi connectivity index (χ3n) is 2.63. The molecule has 0 aromatic heterocycles. The molecule has 0 saturated heterocycles. The molecule has 0 radical (unpaired) electrons. The number of carbonyl (C=O) groups excluding carboxylic acids is 1. The van der Waals surface area contributed by atoms with E-state index in [1.807, 2.05) is 12.2 Å². The highest BCUT2D eigenvalue weighted by atomic mass is 19.4. The predicted molar refractivity (Wildman–Crippen MR) is 65.3 cm³/mol. The Kier molecular flexibility index (Phi) is 7.98. The summed E-state index contributed by atoms with van der Waals surface area (Å²) >= 11 is 0. The van der Waals surface area contributed by atoms with E-state index in [2.05, 4.69) is 12.2 Å². The monoisotopic (exact) mass is 268 g/mol. The molecule has 0 bridgehead atoms. The third kappa shape index (κ3) is 9.27. The van der Waals surface area contributed by atoms with E-state index in [1.165, 1.54) is 0 Å². The van der Waals surface area contributed by atoms with Crippen LogP contribution in [-0.2, 0) is 4.79 Å². The first-order valence-corrected chi connectivity index (χ1v) is 6.36. The lowest BCUT2D eigenvalue weighted by Gasteiger charge is -2.20. The zero-order valence-corrected chi connectivity index (χ0v) is 11.2. The van der Waals surface area contributed by atoms with Crippen molar-refractivity contribution in [2.75, 3.05) is 6.54 Å². The van der Waals surface area contributed by atoms with Crippen molar-refractivity contribution in [3.05, 3.63) is 0 Å². The Morgan fingerprint density at radius 2 is 1.83 bits per heavy atom. The van der Waals surface area contributed by atoms with Crippen molar-refractivity contribution < 1.29 is 18.0 Å². The van der Waals surface area contributed by atoms with E-state index < -0.39 is 24.7 Å². The number of hydrogen-bond donors (Lipinski definition) is 2. The highest BCUT2D eigenvalue weighted by Crippen LogP contribution is 2.12. The van der Waals surface area contributed by atoms with Crippen molar-refractivity contribution >= 4 is 5.91 Å². The van der Waals surface area contributed by atoms with Crippen LogP contribution in [0.1, 0.15) is 46.5 Å². The van der Waals surface area contributed by atoms with E-state index in [0.717, 1.165) is 25.7 Å². The fraction of sp³-hybridized carbons (Fsp3) is 0.917. The zero-order chi connectivity index (χ0) is 14.2. The predicted octanol–water partition coefficient (Wildman–Crippen LogP) is 2.61. The lowest BCUT2D eigenvalue weighted by Crippen LogP contribution is -2.47. The molecular formula is C12H23F3N2O. The van der Waals surface area contributed by atoms with Crippen LogP contribution in [0.5, 0.6) is 0 Å². The summed E-state index contributed by atoms with van der Waals surface area (Å²) in [5.74, 6) is -0.616. The molecule has 2 atom stereocenters. The number of carbonyl (C=O) groups is 1. The van der Waals surface area contributed by atoms with Gasteiger partial charge in [-0.3, -0.25) is 4.79 Å². The molecule has 0 fully saturated rings. The van der Waals surface area contributed by atoms with Crippen LogP contribution >= 0.6 is 0 Å². The van der Waals surface area contributed by atoms with Gasteiger partial charge >= 0.3 is 6.18 Å². The second-order valence-corrected chi connectivity index (χ2v) is 4.62. The summed E-state index contributed by atoms with van der Waals surface area (Å²) in [5, 5.41) is 4.86. The average Bonchev–Trinajstić information content (AvgIpc) is 2.25. The molecule has 2 N–H and O–H groups in total. The number of unbranched alkanes of at least 4 members (excludes halogenated alkanes) is 2. The molecule has 0 aliphatic rings. The van der Waals surface area contributed by atoms with Gasteiger partial charge in [-0.1, -0.05) is 26.2 Å². The minimum atomic E-state index is -4.36.